The summed E-state index contributed by atoms with van der Waals surface area (Å²) in [6.45, 7) is 0.677. The molecule has 0 bridgehead atoms. The number of hydrogen-bond acceptors (Lipinski definition) is 3. The maximum absolute atomic E-state index is 12.6. The smallest absolute Gasteiger partial charge is 0.247 e. The molecular formula is C19H15Cl2NO3. The van der Waals surface area contributed by atoms with Gasteiger partial charge in [0, 0.05) is 16.1 Å². The number of nitrogens with zero attached hydrogens (tertiary/aromatic N) is 1. The van der Waals surface area contributed by atoms with Crippen molar-refractivity contribution in [3.8, 4) is 0 Å². The van der Waals surface area contributed by atoms with E-state index in [1.54, 1.807) is 53.8 Å². The predicted octanol–water partition coefficient (Wildman–Crippen LogP) is 5.42. The van der Waals surface area contributed by atoms with Crippen LogP contribution in [0.3, 0.4) is 0 Å². The summed E-state index contributed by atoms with van der Waals surface area (Å²) in [6.07, 6.45) is 6.29. The van der Waals surface area contributed by atoms with Crippen LogP contribution in [0.15, 0.2) is 69.9 Å². The Kier molecular flexibility index (Phi) is 5.64. The molecule has 6 heteroatoms. The zero-order valence-corrected chi connectivity index (χ0v) is 14.7. The molecule has 25 heavy (non-hydrogen) atoms. The van der Waals surface area contributed by atoms with Crippen LogP contribution in [0.25, 0.3) is 6.08 Å². The van der Waals surface area contributed by atoms with E-state index < -0.39 is 0 Å². The molecular weight excluding hydrogens is 361 g/mol. The van der Waals surface area contributed by atoms with Crippen LogP contribution in [-0.4, -0.2) is 10.8 Å². The Morgan fingerprint density at radius 3 is 2.16 bits per heavy atom. The molecule has 0 aliphatic heterocycles. The second-order valence-electron chi connectivity index (χ2n) is 5.35. The van der Waals surface area contributed by atoms with Crippen molar-refractivity contribution >= 4 is 35.2 Å². The lowest BCUT2D eigenvalue weighted by atomic mass is 10.2. The number of halogens is 2. The monoisotopic (exact) mass is 375 g/mol. The molecule has 0 aliphatic rings. The third-order valence-electron chi connectivity index (χ3n) is 3.53. The second-order valence-corrected chi connectivity index (χ2v) is 6.20. The summed E-state index contributed by atoms with van der Waals surface area (Å²) in [4.78, 5) is 14.3. The van der Waals surface area contributed by atoms with Crippen LogP contribution in [0.5, 0.6) is 0 Å². The first-order valence-corrected chi connectivity index (χ1v) is 8.34. The average Bonchev–Trinajstić information content (AvgIpc) is 3.27. The molecule has 3 rings (SSSR count). The standard InChI is InChI=1S/C19H15Cl2NO3/c20-15-7-5-14(18(21)11-15)6-8-19(23)22(12-16-3-1-9-24-16)13-17-4-2-10-25-17/h1-11H,12-13H2/b8-6+. The molecule has 1 aromatic carbocycles. The highest BCUT2D eigenvalue weighted by molar-refractivity contribution is 6.35. The number of rotatable bonds is 6. The van der Waals surface area contributed by atoms with E-state index in [2.05, 4.69) is 0 Å². The molecule has 2 aromatic heterocycles. The van der Waals surface area contributed by atoms with Crippen molar-refractivity contribution in [2.45, 2.75) is 13.1 Å². The van der Waals surface area contributed by atoms with Gasteiger partial charge in [-0.25, -0.2) is 0 Å². The second kappa shape index (κ2) is 8.10. The third kappa shape index (κ3) is 4.78. The average molecular weight is 376 g/mol. The number of benzene rings is 1. The van der Waals surface area contributed by atoms with E-state index in [9.17, 15) is 4.79 Å². The Morgan fingerprint density at radius 1 is 1.00 bits per heavy atom. The Bertz CT molecular complexity index is 819. The summed E-state index contributed by atoms with van der Waals surface area (Å²) in [7, 11) is 0. The minimum absolute atomic E-state index is 0.182. The van der Waals surface area contributed by atoms with E-state index in [1.165, 1.54) is 6.08 Å². The molecule has 0 radical (unpaired) electrons. The third-order valence-corrected chi connectivity index (χ3v) is 4.10. The van der Waals surface area contributed by atoms with Crippen molar-refractivity contribution < 1.29 is 13.6 Å². The Morgan fingerprint density at radius 2 is 1.64 bits per heavy atom. The topological polar surface area (TPSA) is 46.6 Å². The van der Waals surface area contributed by atoms with E-state index >= 15 is 0 Å². The first-order chi connectivity index (χ1) is 12.1. The number of furan rings is 2. The molecule has 0 aliphatic carbocycles. The van der Waals surface area contributed by atoms with Gasteiger partial charge in [-0.15, -0.1) is 0 Å². The molecule has 0 N–H and O–H groups in total. The van der Waals surface area contributed by atoms with Gasteiger partial charge in [0.2, 0.25) is 5.91 Å². The lowest BCUT2D eigenvalue weighted by Crippen LogP contribution is -2.28. The fourth-order valence-electron chi connectivity index (χ4n) is 2.30. The normalized spacial score (nSPS) is 11.1. The summed E-state index contributed by atoms with van der Waals surface area (Å²) in [5.74, 6) is 1.20. The summed E-state index contributed by atoms with van der Waals surface area (Å²) >= 11 is 12.0. The summed E-state index contributed by atoms with van der Waals surface area (Å²) in [5.41, 5.74) is 0.718. The van der Waals surface area contributed by atoms with Gasteiger partial charge < -0.3 is 13.7 Å². The number of carbonyl (C=O) groups excluding carboxylic acids is 1. The molecule has 0 saturated carbocycles. The molecule has 0 fully saturated rings. The van der Waals surface area contributed by atoms with E-state index in [1.807, 2.05) is 12.1 Å². The van der Waals surface area contributed by atoms with Gasteiger partial charge in [0.15, 0.2) is 0 Å². The van der Waals surface area contributed by atoms with Crippen LogP contribution in [0.2, 0.25) is 10.0 Å². The van der Waals surface area contributed by atoms with Crippen LogP contribution >= 0.6 is 23.2 Å². The van der Waals surface area contributed by atoms with E-state index in [-0.39, 0.29) is 5.91 Å². The van der Waals surface area contributed by atoms with Gasteiger partial charge in [0.05, 0.1) is 25.6 Å². The number of hydrogen-bond donors (Lipinski definition) is 0. The SMILES string of the molecule is O=C(/C=C/c1ccc(Cl)cc1Cl)N(Cc1ccco1)Cc1ccco1. The molecule has 0 unspecified atom stereocenters. The number of carbonyl (C=O) groups is 1. The van der Waals surface area contributed by atoms with Gasteiger partial charge in [-0.2, -0.15) is 0 Å². The van der Waals surface area contributed by atoms with E-state index in [4.69, 9.17) is 32.0 Å². The first kappa shape index (κ1) is 17.4. The summed E-state index contributed by atoms with van der Waals surface area (Å²) in [6, 6.07) is 12.3. The van der Waals surface area contributed by atoms with E-state index in [0.29, 0.717) is 34.7 Å². The Hall–Kier alpha value is -2.43. The van der Waals surface area contributed by atoms with Crippen LogP contribution in [0.1, 0.15) is 17.1 Å². The molecule has 2 heterocycles. The van der Waals surface area contributed by atoms with Gasteiger partial charge in [0.25, 0.3) is 0 Å². The largest absolute Gasteiger partial charge is 0.467 e. The molecule has 0 atom stereocenters. The van der Waals surface area contributed by atoms with Crippen LogP contribution in [0, 0.1) is 0 Å². The highest BCUT2D eigenvalue weighted by atomic mass is 35.5. The summed E-state index contributed by atoms with van der Waals surface area (Å²) in [5, 5.41) is 1.03. The molecule has 4 nitrogen and oxygen atoms in total. The Labute approximate surface area is 155 Å². The minimum atomic E-state index is -0.182. The van der Waals surface area contributed by atoms with Gasteiger partial charge in [0.1, 0.15) is 11.5 Å². The van der Waals surface area contributed by atoms with Crippen molar-refractivity contribution in [3.63, 3.8) is 0 Å². The van der Waals surface area contributed by atoms with Gasteiger partial charge in [-0.05, 0) is 48.0 Å². The van der Waals surface area contributed by atoms with Gasteiger partial charge in [-0.1, -0.05) is 29.3 Å². The Balaban J connectivity index is 1.76. The predicted molar refractivity (Wildman–Crippen MR) is 97.2 cm³/mol. The zero-order chi connectivity index (χ0) is 17.6. The van der Waals surface area contributed by atoms with Gasteiger partial charge >= 0.3 is 0 Å². The molecule has 3 aromatic rings. The molecule has 128 valence electrons. The van der Waals surface area contributed by atoms with Crippen molar-refractivity contribution in [1.82, 2.24) is 4.90 Å². The first-order valence-electron chi connectivity index (χ1n) is 7.58. The van der Waals surface area contributed by atoms with Crippen molar-refractivity contribution in [2.75, 3.05) is 0 Å². The van der Waals surface area contributed by atoms with E-state index in [0.717, 1.165) is 5.56 Å². The van der Waals surface area contributed by atoms with Crippen molar-refractivity contribution in [1.29, 1.82) is 0 Å². The lowest BCUT2D eigenvalue weighted by Gasteiger charge is -2.18. The van der Waals surface area contributed by atoms with Crippen LogP contribution in [-0.2, 0) is 17.9 Å². The van der Waals surface area contributed by atoms with Gasteiger partial charge in [-0.3, -0.25) is 4.79 Å². The van der Waals surface area contributed by atoms with Crippen LogP contribution in [0.4, 0.5) is 0 Å². The zero-order valence-electron chi connectivity index (χ0n) is 13.2. The van der Waals surface area contributed by atoms with Crippen molar-refractivity contribution in [2.24, 2.45) is 0 Å². The number of amides is 1. The highest BCUT2D eigenvalue weighted by Gasteiger charge is 2.15. The fourth-order valence-corrected chi connectivity index (χ4v) is 2.77. The maximum atomic E-state index is 12.6. The molecule has 0 saturated heterocycles. The van der Waals surface area contributed by atoms with Crippen molar-refractivity contribution in [3.05, 3.63) is 88.2 Å². The molecule has 0 spiro atoms. The minimum Gasteiger partial charge on any atom is -0.467 e. The quantitative estimate of drug-likeness (QED) is 0.540. The van der Waals surface area contributed by atoms with Crippen LogP contribution < -0.4 is 0 Å². The highest BCUT2D eigenvalue weighted by Crippen LogP contribution is 2.22. The summed E-state index contributed by atoms with van der Waals surface area (Å²) < 4.78 is 10.7. The lowest BCUT2D eigenvalue weighted by molar-refractivity contribution is -0.127. The molecule has 1 amide bonds. The maximum Gasteiger partial charge on any atom is 0.247 e. The fraction of sp³-hybridized carbons (Fsp3) is 0.105.